The van der Waals surface area contributed by atoms with Crippen molar-refractivity contribution in [2.24, 2.45) is 0 Å². The molecule has 1 aromatic heterocycles. The molecule has 0 saturated carbocycles. The number of hydrogen-bond acceptors (Lipinski definition) is 3. The van der Waals surface area contributed by atoms with E-state index in [0.717, 1.165) is 11.3 Å². The Morgan fingerprint density at radius 1 is 1.14 bits per heavy atom. The maximum atomic E-state index is 12.9. The molecule has 0 unspecified atom stereocenters. The predicted octanol–water partition coefficient (Wildman–Crippen LogP) is 3.12. The van der Waals surface area contributed by atoms with Crippen LogP contribution in [0.1, 0.15) is 5.56 Å². The summed E-state index contributed by atoms with van der Waals surface area (Å²) < 4.78 is 14.6. The number of nitrogens with zero attached hydrogens (tertiary/aromatic N) is 3. The van der Waals surface area contributed by atoms with Crippen LogP contribution < -0.4 is 5.32 Å². The third kappa shape index (κ3) is 5.14. The lowest BCUT2D eigenvalue weighted by molar-refractivity contribution is -0.129. The minimum absolute atomic E-state index is 0.121. The number of amides is 2. The van der Waals surface area contributed by atoms with Gasteiger partial charge in [-0.25, -0.2) is 9.07 Å². The molecular weight excluding hydrogens is 359 g/mol. The fraction of sp³-hybridized carbons (Fsp3) is 0.0952. The molecule has 0 spiro atoms. The average molecular weight is 378 g/mol. The van der Waals surface area contributed by atoms with Gasteiger partial charge in [-0.3, -0.25) is 9.59 Å². The van der Waals surface area contributed by atoms with Crippen molar-refractivity contribution in [3.05, 3.63) is 84.4 Å². The van der Waals surface area contributed by atoms with Crippen LogP contribution in [0.25, 0.3) is 11.8 Å². The van der Waals surface area contributed by atoms with Crippen molar-refractivity contribution in [2.45, 2.75) is 0 Å². The maximum Gasteiger partial charge on any atom is 0.246 e. The summed E-state index contributed by atoms with van der Waals surface area (Å²) in [5.74, 6) is -1.07. The quantitative estimate of drug-likeness (QED) is 0.670. The zero-order chi connectivity index (χ0) is 19.9. The summed E-state index contributed by atoms with van der Waals surface area (Å²) >= 11 is 0. The highest BCUT2D eigenvalue weighted by Gasteiger charge is 2.11. The van der Waals surface area contributed by atoms with Gasteiger partial charge in [0.25, 0.3) is 0 Å². The standard InChI is InChI=1S/C21H19FN4O2/c1-25(15-20(27)24-18-10-8-17(22)9-11-18)21(28)12-7-16-13-23-26(14-16)19-5-3-2-4-6-19/h2-14H,15H2,1H3,(H,24,27)/b12-7+. The van der Waals surface area contributed by atoms with E-state index < -0.39 is 0 Å². The van der Waals surface area contributed by atoms with E-state index in [-0.39, 0.29) is 24.2 Å². The van der Waals surface area contributed by atoms with E-state index in [0.29, 0.717) is 5.69 Å². The molecule has 1 N–H and O–H groups in total. The Kier molecular flexibility index (Phi) is 5.96. The fourth-order valence-corrected chi connectivity index (χ4v) is 2.47. The van der Waals surface area contributed by atoms with Gasteiger partial charge in [0.2, 0.25) is 11.8 Å². The Morgan fingerprint density at radius 3 is 2.57 bits per heavy atom. The van der Waals surface area contributed by atoms with Crippen LogP contribution >= 0.6 is 0 Å². The van der Waals surface area contributed by atoms with Gasteiger partial charge in [0.15, 0.2) is 0 Å². The number of anilines is 1. The van der Waals surface area contributed by atoms with Crippen molar-refractivity contribution in [3.8, 4) is 5.69 Å². The van der Waals surface area contributed by atoms with Gasteiger partial charge in [-0.1, -0.05) is 18.2 Å². The van der Waals surface area contributed by atoms with E-state index in [4.69, 9.17) is 0 Å². The minimum atomic E-state index is -0.383. The zero-order valence-corrected chi connectivity index (χ0v) is 15.2. The molecule has 0 aliphatic carbocycles. The molecule has 7 heteroatoms. The lowest BCUT2D eigenvalue weighted by Gasteiger charge is -2.14. The molecule has 0 aliphatic rings. The minimum Gasteiger partial charge on any atom is -0.333 e. The van der Waals surface area contributed by atoms with Crippen LogP contribution in [0.4, 0.5) is 10.1 Å². The third-order valence-electron chi connectivity index (χ3n) is 3.93. The van der Waals surface area contributed by atoms with Crippen molar-refractivity contribution in [1.82, 2.24) is 14.7 Å². The molecule has 28 heavy (non-hydrogen) atoms. The van der Waals surface area contributed by atoms with Gasteiger partial charge in [-0.2, -0.15) is 5.10 Å². The summed E-state index contributed by atoms with van der Waals surface area (Å²) in [6, 6.07) is 15.0. The average Bonchev–Trinajstić information content (AvgIpc) is 3.17. The van der Waals surface area contributed by atoms with Gasteiger partial charge < -0.3 is 10.2 Å². The SMILES string of the molecule is CN(CC(=O)Nc1ccc(F)cc1)C(=O)/C=C/c1cnn(-c2ccccc2)c1. The number of aromatic nitrogens is 2. The highest BCUT2D eigenvalue weighted by Crippen LogP contribution is 2.10. The first-order valence-electron chi connectivity index (χ1n) is 8.60. The summed E-state index contributed by atoms with van der Waals surface area (Å²) in [5.41, 5.74) is 2.15. The monoisotopic (exact) mass is 378 g/mol. The van der Waals surface area contributed by atoms with E-state index in [1.54, 1.807) is 23.2 Å². The highest BCUT2D eigenvalue weighted by molar-refractivity contribution is 5.97. The lowest BCUT2D eigenvalue weighted by Crippen LogP contribution is -2.33. The van der Waals surface area contributed by atoms with Crippen LogP contribution in [0.15, 0.2) is 73.1 Å². The molecule has 2 amide bonds. The van der Waals surface area contributed by atoms with Crippen molar-refractivity contribution < 1.29 is 14.0 Å². The molecule has 0 aliphatic heterocycles. The van der Waals surface area contributed by atoms with Crippen molar-refractivity contribution >= 4 is 23.6 Å². The fourth-order valence-electron chi connectivity index (χ4n) is 2.47. The summed E-state index contributed by atoms with van der Waals surface area (Å²) in [6.45, 7) is -0.121. The highest BCUT2D eigenvalue weighted by atomic mass is 19.1. The van der Waals surface area contributed by atoms with E-state index in [1.165, 1.54) is 42.3 Å². The largest absolute Gasteiger partial charge is 0.333 e. The van der Waals surface area contributed by atoms with E-state index in [9.17, 15) is 14.0 Å². The van der Waals surface area contributed by atoms with Crippen LogP contribution in [-0.4, -0.2) is 40.1 Å². The first-order chi connectivity index (χ1) is 13.5. The van der Waals surface area contributed by atoms with Crippen LogP contribution in [0, 0.1) is 5.82 Å². The Balaban J connectivity index is 1.54. The molecule has 0 saturated heterocycles. The Labute approximate surface area is 161 Å². The van der Waals surface area contributed by atoms with Crippen molar-refractivity contribution in [3.63, 3.8) is 0 Å². The van der Waals surface area contributed by atoms with Gasteiger partial charge in [-0.05, 0) is 42.5 Å². The molecule has 0 radical (unpaired) electrons. The van der Waals surface area contributed by atoms with Crippen LogP contribution in [-0.2, 0) is 9.59 Å². The summed E-state index contributed by atoms with van der Waals surface area (Å²) in [7, 11) is 1.53. The Hall–Kier alpha value is -3.74. The number of likely N-dealkylation sites (N-methyl/N-ethyl adjacent to an activating group) is 1. The number of benzene rings is 2. The van der Waals surface area contributed by atoms with Crippen LogP contribution in [0.5, 0.6) is 0 Å². The van der Waals surface area contributed by atoms with E-state index in [2.05, 4.69) is 10.4 Å². The summed E-state index contributed by atoms with van der Waals surface area (Å²) in [4.78, 5) is 25.5. The number of para-hydroxylation sites is 1. The smallest absolute Gasteiger partial charge is 0.246 e. The topological polar surface area (TPSA) is 67.2 Å². The Bertz CT molecular complexity index is 981. The molecule has 0 fully saturated rings. The summed E-state index contributed by atoms with van der Waals surface area (Å²) in [6.07, 6.45) is 6.49. The third-order valence-corrected chi connectivity index (χ3v) is 3.93. The van der Waals surface area contributed by atoms with Crippen LogP contribution in [0.2, 0.25) is 0 Å². The molecule has 1 heterocycles. The molecule has 2 aromatic carbocycles. The number of rotatable bonds is 6. The van der Waals surface area contributed by atoms with Gasteiger partial charge >= 0.3 is 0 Å². The summed E-state index contributed by atoms with van der Waals surface area (Å²) in [5, 5.41) is 6.87. The number of carbonyl (C=O) groups is 2. The van der Waals surface area contributed by atoms with Crippen LogP contribution in [0.3, 0.4) is 0 Å². The van der Waals surface area contributed by atoms with E-state index >= 15 is 0 Å². The number of hydrogen-bond donors (Lipinski definition) is 1. The second-order valence-electron chi connectivity index (χ2n) is 6.14. The molecule has 0 atom stereocenters. The number of carbonyl (C=O) groups excluding carboxylic acids is 2. The maximum absolute atomic E-state index is 12.9. The second kappa shape index (κ2) is 8.77. The van der Waals surface area contributed by atoms with E-state index in [1.807, 2.05) is 30.3 Å². The van der Waals surface area contributed by atoms with Gasteiger partial charge in [0.1, 0.15) is 5.82 Å². The lowest BCUT2D eigenvalue weighted by atomic mass is 10.3. The first kappa shape index (κ1) is 19.0. The second-order valence-corrected chi connectivity index (χ2v) is 6.14. The van der Waals surface area contributed by atoms with Gasteiger partial charge in [0.05, 0.1) is 18.4 Å². The van der Waals surface area contributed by atoms with Gasteiger partial charge in [0, 0.05) is 30.6 Å². The number of nitrogens with one attached hydrogen (secondary N) is 1. The Morgan fingerprint density at radius 2 is 1.86 bits per heavy atom. The molecule has 142 valence electrons. The predicted molar refractivity (Wildman–Crippen MR) is 105 cm³/mol. The van der Waals surface area contributed by atoms with Crippen molar-refractivity contribution in [2.75, 3.05) is 18.9 Å². The molecule has 0 bridgehead atoms. The molecule has 6 nitrogen and oxygen atoms in total. The zero-order valence-electron chi connectivity index (χ0n) is 15.2. The molecular formula is C21H19FN4O2. The molecule has 3 aromatic rings. The van der Waals surface area contributed by atoms with Gasteiger partial charge in [-0.15, -0.1) is 0 Å². The number of halogens is 1. The normalized spacial score (nSPS) is 10.8. The first-order valence-corrected chi connectivity index (χ1v) is 8.60. The van der Waals surface area contributed by atoms with Crippen molar-refractivity contribution in [1.29, 1.82) is 0 Å². The molecule has 3 rings (SSSR count).